The van der Waals surface area contributed by atoms with Gasteiger partial charge in [-0.15, -0.1) is 0 Å². The van der Waals surface area contributed by atoms with E-state index in [1.54, 1.807) is 0 Å². The zero-order valence-corrected chi connectivity index (χ0v) is 11.1. The molecule has 0 saturated heterocycles. The quantitative estimate of drug-likeness (QED) is 0.899. The molecule has 2 N–H and O–H groups in total. The van der Waals surface area contributed by atoms with E-state index in [2.05, 4.69) is 24.0 Å². The Hall–Kier alpha value is -1.68. The molecule has 2 rings (SSSR count). The van der Waals surface area contributed by atoms with E-state index in [1.165, 1.54) is 5.56 Å². The molecule has 0 bridgehead atoms. The summed E-state index contributed by atoms with van der Waals surface area (Å²) in [5.74, 6) is 1.63. The Morgan fingerprint density at radius 1 is 1.22 bits per heavy atom. The highest BCUT2D eigenvalue weighted by molar-refractivity contribution is 5.54. The molecule has 0 aliphatic rings. The van der Waals surface area contributed by atoms with Crippen LogP contribution in [0.3, 0.4) is 0 Å². The number of hydrogen-bond donors (Lipinski definition) is 1. The SMILES string of the molecule is Cc1ccc(-c2noc(CC(N)C(C)C)n2)cc1. The summed E-state index contributed by atoms with van der Waals surface area (Å²) in [7, 11) is 0. The monoisotopic (exact) mass is 245 g/mol. The molecule has 4 nitrogen and oxygen atoms in total. The third kappa shape index (κ3) is 2.96. The second-order valence-corrected chi connectivity index (χ2v) is 4.99. The summed E-state index contributed by atoms with van der Waals surface area (Å²) in [6, 6.07) is 8.10. The minimum Gasteiger partial charge on any atom is -0.339 e. The zero-order valence-electron chi connectivity index (χ0n) is 11.1. The van der Waals surface area contributed by atoms with Gasteiger partial charge in [-0.1, -0.05) is 48.8 Å². The van der Waals surface area contributed by atoms with Crippen molar-refractivity contribution in [2.45, 2.75) is 33.2 Å². The van der Waals surface area contributed by atoms with Gasteiger partial charge in [-0.2, -0.15) is 4.98 Å². The van der Waals surface area contributed by atoms with E-state index < -0.39 is 0 Å². The molecule has 0 aliphatic heterocycles. The maximum atomic E-state index is 5.99. The van der Waals surface area contributed by atoms with Crippen molar-refractivity contribution in [3.63, 3.8) is 0 Å². The van der Waals surface area contributed by atoms with Gasteiger partial charge in [-0.25, -0.2) is 0 Å². The predicted octanol–water partition coefficient (Wildman–Crippen LogP) is 2.57. The Balaban J connectivity index is 2.13. The molecule has 0 fully saturated rings. The van der Waals surface area contributed by atoms with Crippen LogP contribution >= 0.6 is 0 Å². The van der Waals surface area contributed by atoms with Gasteiger partial charge in [0, 0.05) is 18.0 Å². The summed E-state index contributed by atoms with van der Waals surface area (Å²) in [6.45, 7) is 6.22. The maximum absolute atomic E-state index is 5.99. The van der Waals surface area contributed by atoms with Crippen LogP contribution in [0.5, 0.6) is 0 Å². The van der Waals surface area contributed by atoms with Crippen molar-refractivity contribution in [1.82, 2.24) is 10.1 Å². The van der Waals surface area contributed by atoms with Crippen LogP contribution in [0.25, 0.3) is 11.4 Å². The van der Waals surface area contributed by atoms with Crippen molar-refractivity contribution in [3.05, 3.63) is 35.7 Å². The molecule has 0 saturated carbocycles. The summed E-state index contributed by atoms with van der Waals surface area (Å²) in [6.07, 6.45) is 0.622. The minimum absolute atomic E-state index is 0.0521. The van der Waals surface area contributed by atoms with Crippen molar-refractivity contribution in [2.75, 3.05) is 0 Å². The van der Waals surface area contributed by atoms with E-state index in [-0.39, 0.29) is 6.04 Å². The average molecular weight is 245 g/mol. The molecule has 1 atom stereocenters. The number of aromatic nitrogens is 2. The molecule has 4 heteroatoms. The molecule has 1 heterocycles. The number of rotatable bonds is 4. The number of hydrogen-bond acceptors (Lipinski definition) is 4. The fraction of sp³-hybridized carbons (Fsp3) is 0.429. The van der Waals surface area contributed by atoms with Gasteiger partial charge in [0.15, 0.2) is 0 Å². The molecule has 0 spiro atoms. The number of aryl methyl sites for hydroxylation is 1. The van der Waals surface area contributed by atoms with Gasteiger partial charge in [0.2, 0.25) is 11.7 Å². The van der Waals surface area contributed by atoms with Crippen LogP contribution in [0.2, 0.25) is 0 Å². The molecule has 0 radical (unpaired) electrons. The van der Waals surface area contributed by atoms with Crippen LogP contribution < -0.4 is 5.73 Å². The van der Waals surface area contributed by atoms with Crippen molar-refractivity contribution in [2.24, 2.45) is 11.7 Å². The lowest BCUT2D eigenvalue weighted by Gasteiger charge is -2.11. The second-order valence-electron chi connectivity index (χ2n) is 4.99. The van der Waals surface area contributed by atoms with Gasteiger partial charge in [0.25, 0.3) is 0 Å². The standard InChI is InChI=1S/C14H19N3O/c1-9(2)12(15)8-13-16-14(17-18-13)11-6-4-10(3)5-7-11/h4-7,9,12H,8,15H2,1-3H3. The molecule has 1 aromatic heterocycles. The highest BCUT2D eigenvalue weighted by atomic mass is 16.5. The average Bonchev–Trinajstić information content (AvgIpc) is 2.78. The molecule has 0 aliphatic carbocycles. The maximum Gasteiger partial charge on any atom is 0.228 e. The van der Waals surface area contributed by atoms with E-state index in [4.69, 9.17) is 10.3 Å². The lowest BCUT2D eigenvalue weighted by Crippen LogP contribution is -2.28. The van der Waals surface area contributed by atoms with Crippen molar-refractivity contribution < 1.29 is 4.52 Å². The zero-order chi connectivity index (χ0) is 13.1. The topological polar surface area (TPSA) is 64.9 Å². The fourth-order valence-corrected chi connectivity index (χ4v) is 1.59. The van der Waals surface area contributed by atoms with Gasteiger partial charge >= 0.3 is 0 Å². The highest BCUT2D eigenvalue weighted by Crippen LogP contribution is 2.17. The molecular weight excluding hydrogens is 226 g/mol. The third-order valence-electron chi connectivity index (χ3n) is 3.04. The van der Waals surface area contributed by atoms with Crippen LogP contribution in [0.1, 0.15) is 25.3 Å². The molecule has 96 valence electrons. The summed E-state index contributed by atoms with van der Waals surface area (Å²) in [4.78, 5) is 4.37. The van der Waals surface area contributed by atoms with Gasteiger partial charge in [0.05, 0.1) is 0 Å². The van der Waals surface area contributed by atoms with Crippen LogP contribution in [-0.2, 0) is 6.42 Å². The Labute approximate surface area is 107 Å². The van der Waals surface area contributed by atoms with Crippen LogP contribution in [-0.4, -0.2) is 16.2 Å². The molecule has 1 aromatic carbocycles. The largest absolute Gasteiger partial charge is 0.339 e. The smallest absolute Gasteiger partial charge is 0.228 e. The molecule has 0 amide bonds. The number of nitrogens with two attached hydrogens (primary N) is 1. The van der Waals surface area contributed by atoms with Crippen LogP contribution in [0.15, 0.2) is 28.8 Å². The van der Waals surface area contributed by atoms with E-state index >= 15 is 0 Å². The number of benzene rings is 1. The Bertz CT molecular complexity index is 502. The Morgan fingerprint density at radius 3 is 2.50 bits per heavy atom. The van der Waals surface area contributed by atoms with Gasteiger partial charge in [-0.05, 0) is 12.8 Å². The highest BCUT2D eigenvalue weighted by Gasteiger charge is 2.14. The van der Waals surface area contributed by atoms with Crippen molar-refractivity contribution in [1.29, 1.82) is 0 Å². The molecule has 18 heavy (non-hydrogen) atoms. The fourth-order valence-electron chi connectivity index (χ4n) is 1.59. The first-order valence-corrected chi connectivity index (χ1v) is 6.21. The van der Waals surface area contributed by atoms with Crippen LogP contribution in [0, 0.1) is 12.8 Å². The van der Waals surface area contributed by atoms with Crippen molar-refractivity contribution >= 4 is 0 Å². The minimum atomic E-state index is 0.0521. The second kappa shape index (κ2) is 5.31. The summed E-state index contributed by atoms with van der Waals surface area (Å²) in [5, 5.41) is 3.99. The van der Waals surface area contributed by atoms with Crippen LogP contribution in [0.4, 0.5) is 0 Å². The van der Waals surface area contributed by atoms with Gasteiger partial charge in [0.1, 0.15) is 0 Å². The first-order chi connectivity index (χ1) is 8.56. The summed E-state index contributed by atoms with van der Waals surface area (Å²) >= 11 is 0. The molecule has 1 unspecified atom stereocenters. The van der Waals surface area contributed by atoms with Gasteiger partial charge in [-0.3, -0.25) is 0 Å². The lowest BCUT2D eigenvalue weighted by atomic mass is 10.0. The predicted molar refractivity (Wildman–Crippen MR) is 71.0 cm³/mol. The van der Waals surface area contributed by atoms with E-state index in [0.29, 0.717) is 24.1 Å². The first kappa shape index (κ1) is 12.8. The Kier molecular flexibility index (Phi) is 3.77. The van der Waals surface area contributed by atoms with E-state index in [9.17, 15) is 0 Å². The third-order valence-corrected chi connectivity index (χ3v) is 3.04. The molecular formula is C14H19N3O. The first-order valence-electron chi connectivity index (χ1n) is 6.21. The summed E-state index contributed by atoms with van der Waals surface area (Å²) in [5.41, 5.74) is 8.17. The Morgan fingerprint density at radius 2 is 1.89 bits per heavy atom. The van der Waals surface area contributed by atoms with Crippen molar-refractivity contribution in [3.8, 4) is 11.4 Å². The number of nitrogens with zero attached hydrogens (tertiary/aromatic N) is 2. The van der Waals surface area contributed by atoms with E-state index in [0.717, 1.165) is 5.56 Å². The summed E-state index contributed by atoms with van der Waals surface area (Å²) < 4.78 is 5.23. The normalized spacial score (nSPS) is 12.9. The lowest BCUT2D eigenvalue weighted by molar-refractivity contribution is 0.353. The molecule has 2 aromatic rings. The van der Waals surface area contributed by atoms with E-state index in [1.807, 2.05) is 31.2 Å². The van der Waals surface area contributed by atoms with Gasteiger partial charge < -0.3 is 10.3 Å².